The maximum absolute atomic E-state index is 13.3. The summed E-state index contributed by atoms with van der Waals surface area (Å²) in [5.41, 5.74) is 1.45. The Bertz CT molecular complexity index is 939. The monoisotopic (exact) mass is 376 g/mol. The molecular formula is C19H19F3N4O. The molecule has 4 rings (SSSR count). The fourth-order valence-electron chi connectivity index (χ4n) is 3.65. The van der Waals surface area contributed by atoms with Crippen LogP contribution in [0.3, 0.4) is 0 Å². The van der Waals surface area contributed by atoms with E-state index in [1.165, 1.54) is 6.07 Å². The zero-order valence-corrected chi connectivity index (χ0v) is 14.8. The standard InChI is InChI=1S/C19H19F3N4O/c1-12-10-16(26(25-12)19(20,21)22)15-9-5-4-8-14(15)11-17-23-24-18(27-17)13-6-2-3-7-13/h4-5,8-10,13H,2-3,6-7,11H2,1H3. The lowest BCUT2D eigenvalue weighted by Gasteiger charge is -2.13. The van der Waals surface area contributed by atoms with Crippen molar-refractivity contribution in [3.05, 3.63) is 53.4 Å². The molecule has 0 unspecified atom stereocenters. The summed E-state index contributed by atoms with van der Waals surface area (Å²) in [6, 6.07) is 8.36. The first kappa shape index (κ1) is 17.8. The fraction of sp³-hybridized carbons (Fsp3) is 0.421. The number of benzene rings is 1. The second-order valence-corrected chi connectivity index (χ2v) is 6.90. The first-order valence-electron chi connectivity index (χ1n) is 8.96. The van der Waals surface area contributed by atoms with Gasteiger partial charge in [0.1, 0.15) is 0 Å². The average Bonchev–Trinajstić information content (AvgIpc) is 3.34. The van der Waals surface area contributed by atoms with E-state index in [1.54, 1.807) is 31.2 Å². The van der Waals surface area contributed by atoms with E-state index in [0.29, 0.717) is 34.5 Å². The lowest BCUT2D eigenvalue weighted by molar-refractivity contribution is -0.211. The molecule has 2 aromatic heterocycles. The van der Waals surface area contributed by atoms with Gasteiger partial charge in [0.25, 0.3) is 0 Å². The number of alkyl halides is 3. The van der Waals surface area contributed by atoms with Crippen LogP contribution in [0.25, 0.3) is 11.3 Å². The molecule has 1 aliphatic carbocycles. The highest BCUT2D eigenvalue weighted by atomic mass is 19.4. The number of rotatable bonds is 4. The van der Waals surface area contributed by atoms with E-state index >= 15 is 0 Å². The van der Waals surface area contributed by atoms with Crippen LogP contribution in [0, 0.1) is 6.92 Å². The Morgan fingerprint density at radius 1 is 1.15 bits per heavy atom. The number of hydrogen-bond acceptors (Lipinski definition) is 4. The Morgan fingerprint density at radius 2 is 1.89 bits per heavy atom. The Kier molecular flexibility index (Phi) is 4.49. The van der Waals surface area contributed by atoms with E-state index in [0.717, 1.165) is 25.7 Å². The van der Waals surface area contributed by atoms with Crippen LogP contribution < -0.4 is 0 Å². The van der Waals surface area contributed by atoms with Crippen LogP contribution in [0.5, 0.6) is 0 Å². The van der Waals surface area contributed by atoms with Crippen molar-refractivity contribution in [2.75, 3.05) is 0 Å². The van der Waals surface area contributed by atoms with E-state index in [1.807, 2.05) is 0 Å². The van der Waals surface area contributed by atoms with Crippen LogP contribution in [0.1, 0.15) is 54.6 Å². The largest absolute Gasteiger partial charge is 0.505 e. The molecule has 5 nitrogen and oxygen atoms in total. The van der Waals surface area contributed by atoms with Gasteiger partial charge in [-0.15, -0.1) is 23.4 Å². The number of halogens is 3. The quantitative estimate of drug-likeness (QED) is 0.645. The van der Waals surface area contributed by atoms with Gasteiger partial charge in [-0.25, -0.2) is 0 Å². The molecule has 0 atom stereocenters. The Labute approximate surface area is 154 Å². The summed E-state index contributed by atoms with van der Waals surface area (Å²) < 4.78 is 45.9. The van der Waals surface area contributed by atoms with Crippen molar-refractivity contribution >= 4 is 0 Å². The number of nitrogens with zero attached hydrogens (tertiary/aromatic N) is 4. The summed E-state index contributed by atoms with van der Waals surface area (Å²) in [5.74, 6) is 1.35. The molecule has 0 spiro atoms. The highest BCUT2D eigenvalue weighted by molar-refractivity contribution is 5.65. The SMILES string of the molecule is Cc1cc(-c2ccccc2Cc2nnc(C3CCCC3)o2)n(C(F)(F)F)n1. The number of aryl methyl sites for hydroxylation is 1. The number of hydrogen-bond donors (Lipinski definition) is 0. The molecule has 1 aromatic carbocycles. The van der Waals surface area contributed by atoms with E-state index in [4.69, 9.17) is 4.42 Å². The summed E-state index contributed by atoms with van der Waals surface area (Å²) in [6.07, 6.45) is 0.0946. The van der Waals surface area contributed by atoms with Gasteiger partial charge in [0.2, 0.25) is 11.8 Å². The topological polar surface area (TPSA) is 56.7 Å². The summed E-state index contributed by atoms with van der Waals surface area (Å²) in [7, 11) is 0. The minimum Gasteiger partial charge on any atom is -0.425 e. The van der Waals surface area contributed by atoms with E-state index in [-0.39, 0.29) is 16.8 Å². The molecule has 1 saturated carbocycles. The van der Waals surface area contributed by atoms with Crippen LogP contribution in [0.2, 0.25) is 0 Å². The molecule has 1 aliphatic rings. The maximum atomic E-state index is 13.3. The van der Waals surface area contributed by atoms with Gasteiger partial charge in [0.15, 0.2) is 0 Å². The third-order valence-electron chi connectivity index (χ3n) is 4.89. The molecule has 0 radical (unpaired) electrons. The average molecular weight is 376 g/mol. The Balaban J connectivity index is 1.67. The smallest absolute Gasteiger partial charge is 0.425 e. The summed E-state index contributed by atoms with van der Waals surface area (Å²) in [6.45, 7) is 1.54. The zero-order valence-electron chi connectivity index (χ0n) is 14.8. The fourth-order valence-corrected chi connectivity index (χ4v) is 3.65. The maximum Gasteiger partial charge on any atom is 0.505 e. The molecule has 0 N–H and O–H groups in total. The summed E-state index contributed by atoms with van der Waals surface area (Å²) in [5, 5.41) is 11.9. The van der Waals surface area contributed by atoms with Crippen molar-refractivity contribution in [2.45, 2.75) is 51.2 Å². The van der Waals surface area contributed by atoms with E-state index < -0.39 is 6.30 Å². The van der Waals surface area contributed by atoms with Gasteiger partial charge in [-0.2, -0.15) is 9.78 Å². The van der Waals surface area contributed by atoms with Gasteiger partial charge in [-0.05, 0) is 31.4 Å². The molecule has 2 heterocycles. The molecule has 1 fully saturated rings. The highest BCUT2D eigenvalue weighted by Gasteiger charge is 2.35. The van der Waals surface area contributed by atoms with Crippen molar-refractivity contribution in [3.63, 3.8) is 0 Å². The molecular weight excluding hydrogens is 357 g/mol. The third-order valence-corrected chi connectivity index (χ3v) is 4.89. The second kappa shape index (κ2) is 6.83. The van der Waals surface area contributed by atoms with Gasteiger partial charge < -0.3 is 4.42 Å². The first-order chi connectivity index (χ1) is 12.9. The predicted molar refractivity (Wildman–Crippen MR) is 92.0 cm³/mol. The Morgan fingerprint density at radius 3 is 2.63 bits per heavy atom. The van der Waals surface area contributed by atoms with Crippen LogP contribution in [-0.4, -0.2) is 20.0 Å². The minimum absolute atomic E-state index is 0.00568. The molecule has 0 saturated heterocycles. The molecule has 0 bridgehead atoms. The predicted octanol–water partition coefficient (Wildman–Crippen LogP) is 4.97. The lowest BCUT2D eigenvalue weighted by Crippen LogP contribution is -2.19. The third kappa shape index (κ3) is 3.61. The van der Waals surface area contributed by atoms with Gasteiger partial charge in [0.05, 0.1) is 17.8 Å². The lowest BCUT2D eigenvalue weighted by atomic mass is 10.0. The molecule has 0 aliphatic heterocycles. The Hall–Kier alpha value is -2.64. The first-order valence-corrected chi connectivity index (χ1v) is 8.96. The van der Waals surface area contributed by atoms with E-state index in [9.17, 15) is 13.2 Å². The zero-order chi connectivity index (χ0) is 19.0. The molecule has 8 heteroatoms. The second-order valence-electron chi connectivity index (χ2n) is 6.90. The molecule has 0 amide bonds. The van der Waals surface area contributed by atoms with Gasteiger partial charge >= 0.3 is 6.30 Å². The van der Waals surface area contributed by atoms with Crippen molar-refractivity contribution in [2.24, 2.45) is 0 Å². The van der Waals surface area contributed by atoms with Crippen LogP contribution in [0.4, 0.5) is 13.2 Å². The van der Waals surface area contributed by atoms with Crippen molar-refractivity contribution in [1.29, 1.82) is 0 Å². The van der Waals surface area contributed by atoms with Gasteiger partial charge in [0, 0.05) is 11.5 Å². The number of aromatic nitrogens is 4. The van der Waals surface area contributed by atoms with E-state index in [2.05, 4.69) is 15.3 Å². The highest BCUT2D eigenvalue weighted by Crippen LogP contribution is 2.35. The molecule has 142 valence electrons. The van der Waals surface area contributed by atoms with Crippen molar-refractivity contribution in [1.82, 2.24) is 20.0 Å². The van der Waals surface area contributed by atoms with Crippen LogP contribution >= 0.6 is 0 Å². The van der Waals surface area contributed by atoms with Crippen LogP contribution in [0.15, 0.2) is 34.7 Å². The van der Waals surface area contributed by atoms with Crippen molar-refractivity contribution in [3.8, 4) is 11.3 Å². The van der Waals surface area contributed by atoms with Gasteiger partial charge in [-0.3, -0.25) is 0 Å². The summed E-state index contributed by atoms with van der Waals surface area (Å²) >= 11 is 0. The summed E-state index contributed by atoms with van der Waals surface area (Å²) in [4.78, 5) is 0. The minimum atomic E-state index is -4.59. The van der Waals surface area contributed by atoms with Crippen LogP contribution in [-0.2, 0) is 12.7 Å². The normalized spacial score (nSPS) is 15.6. The molecule has 3 aromatic rings. The molecule has 27 heavy (non-hydrogen) atoms. The van der Waals surface area contributed by atoms with Gasteiger partial charge in [-0.1, -0.05) is 37.1 Å². The van der Waals surface area contributed by atoms with Crippen molar-refractivity contribution < 1.29 is 17.6 Å².